The van der Waals surface area contributed by atoms with Crippen LogP contribution in [0.2, 0.25) is 0 Å². The molecule has 0 spiro atoms. The number of benzene rings is 1. The number of aliphatic hydroxyl groups excluding tert-OH is 1. The van der Waals surface area contributed by atoms with Gasteiger partial charge in [0.05, 0.1) is 13.2 Å². The van der Waals surface area contributed by atoms with Gasteiger partial charge in [-0.05, 0) is 18.6 Å². The molecule has 0 saturated carbocycles. The summed E-state index contributed by atoms with van der Waals surface area (Å²) >= 11 is 0. The number of rotatable bonds is 7. The Kier molecular flexibility index (Phi) is 5.67. The van der Waals surface area contributed by atoms with Crippen LogP contribution >= 0.6 is 0 Å². The molecule has 0 aliphatic carbocycles. The van der Waals surface area contributed by atoms with Gasteiger partial charge in [0.2, 0.25) is 0 Å². The Morgan fingerprint density at radius 3 is 2.62 bits per heavy atom. The van der Waals surface area contributed by atoms with Gasteiger partial charge in [0.1, 0.15) is 24.7 Å². The van der Waals surface area contributed by atoms with E-state index in [1.165, 1.54) is 0 Å². The van der Waals surface area contributed by atoms with E-state index in [9.17, 15) is 0 Å². The predicted molar refractivity (Wildman–Crippen MR) is 61.1 cm³/mol. The van der Waals surface area contributed by atoms with E-state index in [-0.39, 0.29) is 6.61 Å². The highest BCUT2D eigenvalue weighted by Gasteiger charge is 2.02. The second-order valence-electron chi connectivity index (χ2n) is 3.34. The number of aryl methyl sites for hydroxylation is 1. The molecule has 90 valence electrons. The normalized spacial score (nSPS) is 10.2. The molecule has 0 amide bonds. The van der Waals surface area contributed by atoms with E-state index in [4.69, 9.17) is 19.3 Å². The third-order valence-electron chi connectivity index (χ3n) is 2.06. The van der Waals surface area contributed by atoms with Crippen molar-refractivity contribution in [2.24, 2.45) is 0 Å². The molecule has 0 aromatic heterocycles. The van der Waals surface area contributed by atoms with Gasteiger partial charge in [-0.25, -0.2) is 0 Å². The van der Waals surface area contributed by atoms with Crippen molar-refractivity contribution in [2.45, 2.75) is 6.92 Å². The lowest BCUT2D eigenvalue weighted by Gasteiger charge is -2.11. The molecule has 0 saturated heterocycles. The standard InChI is InChI=1S/C12H18O4/c1-10-3-4-11(15-8-7-14-2)9-12(10)16-6-5-13/h3-4,9,13H,5-8H2,1-2H3. The second-order valence-corrected chi connectivity index (χ2v) is 3.34. The number of aliphatic hydroxyl groups is 1. The van der Waals surface area contributed by atoms with Crippen molar-refractivity contribution in [3.05, 3.63) is 23.8 Å². The van der Waals surface area contributed by atoms with Gasteiger partial charge in [-0.3, -0.25) is 0 Å². The van der Waals surface area contributed by atoms with Gasteiger partial charge < -0.3 is 19.3 Å². The fourth-order valence-electron chi connectivity index (χ4n) is 1.22. The maximum atomic E-state index is 8.69. The number of hydrogen-bond donors (Lipinski definition) is 1. The van der Waals surface area contributed by atoms with Crippen LogP contribution in [-0.2, 0) is 4.74 Å². The first-order valence-corrected chi connectivity index (χ1v) is 5.24. The van der Waals surface area contributed by atoms with Crippen LogP contribution in [0.25, 0.3) is 0 Å². The van der Waals surface area contributed by atoms with Crippen molar-refractivity contribution in [1.82, 2.24) is 0 Å². The quantitative estimate of drug-likeness (QED) is 0.714. The average Bonchev–Trinajstić information content (AvgIpc) is 2.30. The molecule has 1 aromatic carbocycles. The van der Waals surface area contributed by atoms with Gasteiger partial charge in [0.25, 0.3) is 0 Å². The van der Waals surface area contributed by atoms with Crippen molar-refractivity contribution in [3.8, 4) is 11.5 Å². The first-order chi connectivity index (χ1) is 7.77. The molecule has 0 atom stereocenters. The minimum absolute atomic E-state index is 0.00813. The van der Waals surface area contributed by atoms with E-state index in [0.29, 0.717) is 19.8 Å². The molecule has 0 aliphatic heterocycles. The highest BCUT2D eigenvalue weighted by Crippen LogP contribution is 2.24. The van der Waals surface area contributed by atoms with Crippen molar-refractivity contribution >= 4 is 0 Å². The molecule has 4 heteroatoms. The molecule has 16 heavy (non-hydrogen) atoms. The van der Waals surface area contributed by atoms with Crippen LogP contribution in [0, 0.1) is 6.92 Å². The van der Waals surface area contributed by atoms with Gasteiger partial charge >= 0.3 is 0 Å². The zero-order chi connectivity index (χ0) is 11.8. The monoisotopic (exact) mass is 226 g/mol. The van der Waals surface area contributed by atoms with Crippen molar-refractivity contribution in [3.63, 3.8) is 0 Å². The summed E-state index contributed by atoms with van der Waals surface area (Å²) in [7, 11) is 1.63. The highest BCUT2D eigenvalue weighted by atomic mass is 16.5. The third-order valence-corrected chi connectivity index (χ3v) is 2.06. The number of ether oxygens (including phenoxy) is 3. The summed E-state index contributed by atoms with van der Waals surface area (Å²) in [6.07, 6.45) is 0. The van der Waals surface area contributed by atoms with Gasteiger partial charge in [-0.2, -0.15) is 0 Å². The number of hydrogen-bond acceptors (Lipinski definition) is 4. The Labute approximate surface area is 95.8 Å². The van der Waals surface area contributed by atoms with Crippen molar-refractivity contribution < 1.29 is 19.3 Å². The van der Waals surface area contributed by atoms with Gasteiger partial charge in [-0.1, -0.05) is 6.07 Å². The summed E-state index contributed by atoms with van der Waals surface area (Å²) in [6, 6.07) is 5.63. The fourth-order valence-corrected chi connectivity index (χ4v) is 1.22. The van der Waals surface area contributed by atoms with Crippen LogP contribution in [0.3, 0.4) is 0 Å². The molecule has 1 aromatic rings. The Hall–Kier alpha value is -1.26. The average molecular weight is 226 g/mol. The number of methoxy groups -OCH3 is 1. The molecule has 0 bridgehead atoms. The summed E-state index contributed by atoms with van der Waals surface area (Å²) in [4.78, 5) is 0. The van der Waals surface area contributed by atoms with Crippen molar-refractivity contribution in [1.29, 1.82) is 0 Å². The molecule has 1 N–H and O–H groups in total. The van der Waals surface area contributed by atoms with E-state index < -0.39 is 0 Å². The van der Waals surface area contributed by atoms with Gasteiger partial charge in [0, 0.05) is 13.2 Å². The summed E-state index contributed by atoms with van der Waals surface area (Å²) in [5.74, 6) is 1.49. The maximum Gasteiger partial charge on any atom is 0.126 e. The fraction of sp³-hybridized carbons (Fsp3) is 0.500. The molecule has 0 radical (unpaired) electrons. The highest BCUT2D eigenvalue weighted by molar-refractivity contribution is 5.39. The summed E-state index contributed by atoms with van der Waals surface area (Å²) in [6.45, 7) is 3.32. The van der Waals surface area contributed by atoms with Crippen LogP contribution in [0.5, 0.6) is 11.5 Å². The first-order valence-electron chi connectivity index (χ1n) is 5.24. The minimum Gasteiger partial charge on any atom is -0.491 e. The van der Waals surface area contributed by atoms with Crippen LogP contribution in [-0.4, -0.2) is 38.6 Å². The molecule has 0 fully saturated rings. The topological polar surface area (TPSA) is 47.9 Å². The summed E-state index contributed by atoms with van der Waals surface area (Å²) < 4.78 is 15.7. The van der Waals surface area contributed by atoms with E-state index in [1.54, 1.807) is 7.11 Å². The van der Waals surface area contributed by atoms with E-state index >= 15 is 0 Å². The maximum absolute atomic E-state index is 8.69. The molecule has 0 unspecified atom stereocenters. The third kappa shape index (κ3) is 4.08. The van der Waals surface area contributed by atoms with E-state index in [1.807, 2.05) is 25.1 Å². The largest absolute Gasteiger partial charge is 0.491 e. The molecule has 0 heterocycles. The SMILES string of the molecule is COCCOc1ccc(C)c(OCCO)c1. The first kappa shape index (κ1) is 12.8. The van der Waals surface area contributed by atoms with Gasteiger partial charge in [0.15, 0.2) is 0 Å². The predicted octanol–water partition coefficient (Wildman–Crippen LogP) is 1.39. The molecular formula is C12H18O4. The Balaban J connectivity index is 2.58. The summed E-state index contributed by atoms with van der Waals surface area (Å²) in [5, 5.41) is 8.69. The second kappa shape index (κ2) is 7.09. The lowest BCUT2D eigenvalue weighted by molar-refractivity contribution is 0.146. The van der Waals surface area contributed by atoms with Crippen LogP contribution in [0.1, 0.15) is 5.56 Å². The van der Waals surface area contributed by atoms with Crippen LogP contribution in [0.15, 0.2) is 18.2 Å². The van der Waals surface area contributed by atoms with Crippen LogP contribution < -0.4 is 9.47 Å². The summed E-state index contributed by atoms with van der Waals surface area (Å²) in [5.41, 5.74) is 1.02. The van der Waals surface area contributed by atoms with Crippen molar-refractivity contribution in [2.75, 3.05) is 33.5 Å². The van der Waals surface area contributed by atoms with Crippen LogP contribution in [0.4, 0.5) is 0 Å². The smallest absolute Gasteiger partial charge is 0.126 e. The minimum atomic E-state index is 0.00813. The Morgan fingerprint density at radius 2 is 1.94 bits per heavy atom. The zero-order valence-electron chi connectivity index (χ0n) is 9.73. The molecule has 1 rings (SSSR count). The Bertz CT molecular complexity index is 312. The van der Waals surface area contributed by atoms with E-state index in [0.717, 1.165) is 17.1 Å². The zero-order valence-corrected chi connectivity index (χ0v) is 9.73. The molecule has 0 aliphatic rings. The lowest BCUT2D eigenvalue weighted by atomic mass is 10.2. The Morgan fingerprint density at radius 1 is 1.12 bits per heavy atom. The molecule has 4 nitrogen and oxygen atoms in total. The van der Waals surface area contributed by atoms with Gasteiger partial charge in [-0.15, -0.1) is 0 Å². The van der Waals surface area contributed by atoms with E-state index in [2.05, 4.69) is 0 Å². The molecular weight excluding hydrogens is 208 g/mol. The lowest BCUT2D eigenvalue weighted by Crippen LogP contribution is -2.06.